The zero-order chi connectivity index (χ0) is 21.1. The number of amides is 1. The molecule has 29 heavy (non-hydrogen) atoms. The van der Waals surface area contributed by atoms with Crippen molar-refractivity contribution >= 4 is 29.3 Å². The molecule has 1 aromatic heterocycles. The predicted octanol–water partition coefficient (Wildman–Crippen LogP) is 3.72. The number of carbonyl (C=O) groups excluding carboxylic acids is 2. The van der Waals surface area contributed by atoms with Gasteiger partial charge in [-0.1, -0.05) is 23.7 Å². The van der Waals surface area contributed by atoms with E-state index in [-0.39, 0.29) is 22.5 Å². The van der Waals surface area contributed by atoms with E-state index < -0.39 is 35.1 Å². The first kappa shape index (κ1) is 20.2. The summed E-state index contributed by atoms with van der Waals surface area (Å²) >= 11 is 5.72. The van der Waals surface area contributed by atoms with Crippen molar-refractivity contribution in [2.75, 3.05) is 5.73 Å². The van der Waals surface area contributed by atoms with E-state index in [0.29, 0.717) is 11.1 Å². The highest BCUT2D eigenvalue weighted by atomic mass is 35.5. The third kappa shape index (κ3) is 4.33. The molecule has 1 amide bonds. The van der Waals surface area contributed by atoms with E-state index in [1.807, 2.05) is 0 Å². The van der Waals surface area contributed by atoms with Crippen molar-refractivity contribution in [1.82, 2.24) is 4.98 Å². The van der Waals surface area contributed by atoms with Gasteiger partial charge in [0.15, 0.2) is 0 Å². The lowest BCUT2D eigenvalue weighted by atomic mass is 10.0. The minimum Gasteiger partial charge on any atom is -0.457 e. The summed E-state index contributed by atoms with van der Waals surface area (Å²) in [6, 6.07) is 9.56. The standard InChI is InChI=1S/C20H14ClF2N3O3/c21-17-14(15(22)4-5-16(17)23)9-29-20(28)13-7-12(8-26-18(13)24)10-2-1-3-11(6-10)19(25)27/h1-8H,9H2,(H2,24,26)(H2,25,27). The number of carbonyl (C=O) groups is 2. The maximum absolute atomic E-state index is 13.8. The van der Waals surface area contributed by atoms with Crippen molar-refractivity contribution in [2.45, 2.75) is 6.61 Å². The summed E-state index contributed by atoms with van der Waals surface area (Å²) in [5.74, 6) is -3.27. The van der Waals surface area contributed by atoms with Crippen molar-refractivity contribution in [1.29, 1.82) is 0 Å². The second kappa shape index (κ2) is 8.24. The number of hydrogen-bond acceptors (Lipinski definition) is 5. The summed E-state index contributed by atoms with van der Waals surface area (Å²) in [7, 11) is 0. The Bertz CT molecular complexity index is 1120. The maximum Gasteiger partial charge on any atom is 0.342 e. The van der Waals surface area contributed by atoms with Gasteiger partial charge in [0.05, 0.1) is 5.02 Å². The van der Waals surface area contributed by atoms with Crippen molar-refractivity contribution in [3.05, 3.63) is 82.0 Å². The third-order valence-electron chi connectivity index (χ3n) is 4.11. The van der Waals surface area contributed by atoms with Crippen molar-refractivity contribution in [2.24, 2.45) is 5.73 Å². The lowest BCUT2D eigenvalue weighted by Crippen LogP contribution is -2.11. The molecule has 2 aromatic carbocycles. The summed E-state index contributed by atoms with van der Waals surface area (Å²) in [6.45, 7) is -0.595. The number of pyridine rings is 1. The number of nitrogen functional groups attached to an aromatic ring is 1. The molecular weight excluding hydrogens is 404 g/mol. The third-order valence-corrected chi connectivity index (χ3v) is 4.51. The normalized spacial score (nSPS) is 10.6. The van der Waals surface area contributed by atoms with E-state index in [0.717, 1.165) is 12.1 Å². The Morgan fingerprint density at radius 1 is 1.07 bits per heavy atom. The monoisotopic (exact) mass is 417 g/mol. The molecule has 148 valence electrons. The average Bonchev–Trinajstić information content (AvgIpc) is 2.71. The molecule has 0 bridgehead atoms. The van der Waals surface area contributed by atoms with Gasteiger partial charge in [0, 0.05) is 22.9 Å². The number of benzene rings is 2. The summed E-state index contributed by atoms with van der Waals surface area (Å²) in [6.07, 6.45) is 1.41. The van der Waals surface area contributed by atoms with Crippen molar-refractivity contribution in [3.63, 3.8) is 0 Å². The Morgan fingerprint density at radius 2 is 1.79 bits per heavy atom. The Labute approximate surface area is 169 Å². The SMILES string of the molecule is NC(=O)c1cccc(-c2cnc(N)c(C(=O)OCc3c(F)ccc(F)c3Cl)c2)c1. The maximum atomic E-state index is 13.8. The van der Waals surface area contributed by atoms with Crippen LogP contribution in [0.25, 0.3) is 11.1 Å². The predicted molar refractivity (Wildman–Crippen MR) is 103 cm³/mol. The number of nitrogens with zero attached hydrogens (tertiary/aromatic N) is 1. The molecule has 0 saturated carbocycles. The molecule has 0 aliphatic carbocycles. The molecule has 3 rings (SSSR count). The van der Waals surface area contributed by atoms with Gasteiger partial charge in [0.2, 0.25) is 5.91 Å². The Hall–Kier alpha value is -3.52. The number of anilines is 1. The fraction of sp³-hybridized carbons (Fsp3) is 0.0500. The number of aromatic nitrogens is 1. The number of halogens is 3. The van der Waals surface area contributed by atoms with E-state index in [9.17, 15) is 18.4 Å². The van der Waals surface area contributed by atoms with Gasteiger partial charge in [-0.25, -0.2) is 18.6 Å². The first-order chi connectivity index (χ1) is 13.8. The molecule has 4 N–H and O–H groups in total. The van der Waals surface area contributed by atoms with Crippen LogP contribution in [0.2, 0.25) is 5.02 Å². The number of ether oxygens (including phenoxy) is 1. The fourth-order valence-electron chi connectivity index (χ4n) is 2.57. The summed E-state index contributed by atoms with van der Waals surface area (Å²) in [5.41, 5.74) is 12.0. The Kier molecular flexibility index (Phi) is 5.74. The van der Waals surface area contributed by atoms with Gasteiger partial charge in [-0.2, -0.15) is 0 Å². The van der Waals surface area contributed by atoms with Gasteiger partial charge in [-0.3, -0.25) is 4.79 Å². The van der Waals surface area contributed by atoms with Gasteiger partial charge in [0.1, 0.15) is 29.6 Å². The first-order valence-corrected chi connectivity index (χ1v) is 8.61. The van der Waals surface area contributed by atoms with Crippen LogP contribution in [0.15, 0.2) is 48.7 Å². The van der Waals surface area contributed by atoms with Crippen LogP contribution in [0.1, 0.15) is 26.3 Å². The molecular formula is C20H14ClF2N3O3. The van der Waals surface area contributed by atoms with Crippen LogP contribution in [0, 0.1) is 11.6 Å². The lowest BCUT2D eigenvalue weighted by Gasteiger charge is -2.11. The van der Waals surface area contributed by atoms with Gasteiger partial charge >= 0.3 is 5.97 Å². The number of hydrogen-bond donors (Lipinski definition) is 2. The van der Waals surface area contributed by atoms with Gasteiger partial charge in [0.25, 0.3) is 0 Å². The number of primary amides is 1. The van der Waals surface area contributed by atoms with E-state index in [4.69, 9.17) is 27.8 Å². The van der Waals surface area contributed by atoms with Crippen LogP contribution in [-0.2, 0) is 11.3 Å². The minimum absolute atomic E-state index is 0.0834. The molecule has 0 aliphatic heterocycles. The highest BCUT2D eigenvalue weighted by Gasteiger charge is 2.18. The van der Waals surface area contributed by atoms with Crippen LogP contribution >= 0.6 is 11.6 Å². The highest BCUT2D eigenvalue weighted by molar-refractivity contribution is 6.31. The molecule has 9 heteroatoms. The van der Waals surface area contributed by atoms with E-state index in [1.165, 1.54) is 18.3 Å². The van der Waals surface area contributed by atoms with E-state index >= 15 is 0 Å². The van der Waals surface area contributed by atoms with Crippen LogP contribution in [-0.4, -0.2) is 16.9 Å². The fourth-order valence-corrected chi connectivity index (χ4v) is 2.77. The molecule has 3 aromatic rings. The summed E-state index contributed by atoms with van der Waals surface area (Å²) in [5, 5.41) is -0.471. The van der Waals surface area contributed by atoms with Crippen molar-refractivity contribution in [3.8, 4) is 11.1 Å². The van der Waals surface area contributed by atoms with Gasteiger partial charge in [-0.15, -0.1) is 0 Å². The number of nitrogens with two attached hydrogens (primary N) is 2. The number of esters is 1. The molecule has 0 spiro atoms. The molecule has 0 unspecified atom stereocenters. The molecule has 0 aliphatic rings. The average molecular weight is 418 g/mol. The molecule has 0 atom stereocenters. The zero-order valence-corrected chi connectivity index (χ0v) is 15.5. The molecule has 0 radical (unpaired) electrons. The second-order valence-electron chi connectivity index (χ2n) is 6.00. The summed E-state index contributed by atoms with van der Waals surface area (Å²) < 4.78 is 32.4. The molecule has 6 nitrogen and oxygen atoms in total. The topological polar surface area (TPSA) is 108 Å². The molecule has 1 heterocycles. The smallest absolute Gasteiger partial charge is 0.342 e. The van der Waals surface area contributed by atoms with Crippen LogP contribution in [0.3, 0.4) is 0 Å². The van der Waals surface area contributed by atoms with Gasteiger partial charge in [-0.05, 0) is 35.9 Å². The van der Waals surface area contributed by atoms with Gasteiger partial charge < -0.3 is 16.2 Å². The van der Waals surface area contributed by atoms with Crippen LogP contribution in [0.5, 0.6) is 0 Å². The molecule has 0 saturated heterocycles. The second-order valence-corrected chi connectivity index (χ2v) is 6.38. The number of rotatable bonds is 5. The quantitative estimate of drug-likeness (QED) is 0.486. The Morgan fingerprint density at radius 3 is 2.52 bits per heavy atom. The first-order valence-electron chi connectivity index (χ1n) is 8.23. The summed E-state index contributed by atoms with van der Waals surface area (Å²) in [4.78, 5) is 27.7. The van der Waals surface area contributed by atoms with E-state index in [1.54, 1.807) is 18.2 Å². The van der Waals surface area contributed by atoms with Crippen molar-refractivity contribution < 1.29 is 23.1 Å². The minimum atomic E-state index is -0.900. The molecule has 0 fully saturated rings. The zero-order valence-electron chi connectivity index (χ0n) is 14.8. The lowest BCUT2D eigenvalue weighted by molar-refractivity contribution is 0.0469. The highest BCUT2D eigenvalue weighted by Crippen LogP contribution is 2.26. The largest absolute Gasteiger partial charge is 0.457 e. The van der Waals surface area contributed by atoms with Crippen LogP contribution < -0.4 is 11.5 Å². The van der Waals surface area contributed by atoms with E-state index in [2.05, 4.69) is 4.98 Å². The Balaban J connectivity index is 1.87. The van der Waals surface area contributed by atoms with Crippen LogP contribution in [0.4, 0.5) is 14.6 Å².